The second-order valence-corrected chi connectivity index (χ2v) is 13.7. The molecule has 0 spiro atoms. The lowest BCUT2D eigenvalue weighted by atomic mass is 10.00. The molecule has 252 valence electrons. The van der Waals surface area contributed by atoms with Crippen LogP contribution in [0.2, 0.25) is 0 Å². The van der Waals surface area contributed by atoms with Crippen LogP contribution in [0.4, 0.5) is 0 Å². The van der Waals surface area contributed by atoms with Crippen LogP contribution in [0.25, 0.3) is 83.4 Å². The van der Waals surface area contributed by atoms with Crippen molar-refractivity contribution in [3.8, 4) is 23.2 Å². The molecule has 0 radical (unpaired) electrons. The van der Waals surface area contributed by atoms with Gasteiger partial charge in [0.1, 0.15) is 11.5 Å². The zero-order chi connectivity index (χ0) is 34.9. The van der Waals surface area contributed by atoms with E-state index in [0.29, 0.717) is 11.8 Å². The Morgan fingerprint density at radius 1 is 0.642 bits per heavy atom. The van der Waals surface area contributed by atoms with Gasteiger partial charge in [0.25, 0.3) is 0 Å². The second kappa shape index (κ2) is 11.8. The molecule has 2 aliphatic rings. The lowest BCUT2D eigenvalue weighted by Crippen LogP contribution is -2.12. The molecular formula is C45H32N8. The van der Waals surface area contributed by atoms with Gasteiger partial charge in [-0.2, -0.15) is 9.97 Å². The molecule has 9 aromatic rings. The van der Waals surface area contributed by atoms with Crippen LogP contribution in [0, 0.1) is 0 Å². The minimum atomic E-state index is 0.0817. The number of fused-ring (bicyclic) bond motifs is 7. The molecule has 5 heterocycles. The molecule has 0 amide bonds. The first-order chi connectivity index (χ1) is 26.3. The van der Waals surface area contributed by atoms with Crippen molar-refractivity contribution in [1.82, 2.24) is 39.0 Å². The van der Waals surface area contributed by atoms with E-state index in [1.165, 1.54) is 0 Å². The van der Waals surface area contributed by atoms with Crippen molar-refractivity contribution in [1.29, 1.82) is 0 Å². The summed E-state index contributed by atoms with van der Waals surface area (Å²) in [6.07, 6.45) is 19.9. The fourth-order valence-corrected chi connectivity index (χ4v) is 7.98. The van der Waals surface area contributed by atoms with Gasteiger partial charge in [0, 0.05) is 33.0 Å². The van der Waals surface area contributed by atoms with Crippen molar-refractivity contribution >= 4 is 60.2 Å². The summed E-state index contributed by atoms with van der Waals surface area (Å²) in [6.45, 7) is 0. The van der Waals surface area contributed by atoms with Crippen LogP contribution in [0.1, 0.15) is 36.8 Å². The Balaban J connectivity index is 1.13. The molecule has 1 unspecified atom stereocenters. The van der Waals surface area contributed by atoms with Gasteiger partial charge in [0.15, 0.2) is 11.6 Å². The first kappa shape index (κ1) is 29.8. The van der Waals surface area contributed by atoms with Gasteiger partial charge in [0.05, 0.1) is 45.0 Å². The number of aromatic amines is 1. The molecule has 2 aliphatic carbocycles. The van der Waals surface area contributed by atoms with E-state index in [1.807, 2.05) is 36.5 Å². The number of rotatable bonds is 5. The Morgan fingerprint density at radius 3 is 2.15 bits per heavy atom. The minimum absolute atomic E-state index is 0.0817. The maximum Gasteiger partial charge on any atom is 0.238 e. The van der Waals surface area contributed by atoms with Gasteiger partial charge in [-0.05, 0) is 67.8 Å². The Morgan fingerprint density at radius 2 is 1.42 bits per heavy atom. The molecule has 0 saturated heterocycles. The van der Waals surface area contributed by atoms with Crippen molar-refractivity contribution in [3.05, 3.63) is 157 Å². The van der Waals surface area contributed by atoms with Crippen LogP contribution >= 0.6 is 0 Å². The van der Waals surface area contributed by atoms with E-state index in [2.05, 4.69) is 123 Å². The maximum absolute atomic E-state index is 5.22. The number of nitrogens with zero attached hydrogens (tertiary/aromatic N) is 7. The number of para-hydroxylation sites is 4. The largest absolute Gasteiger partial charge is 0.337 e. The molecule has 8 nitrogen and oxygen atoms in total. The van der Waals surface area contributed by atoms with E-state index in [4.69, 9.17) is 24.9 Å². The highest BCUT2D eigenvalue weighted by Gasteiger charge is 2.23. The van der Waals surface area contributed by atoms with Gasteiger partial charge in [-0.3, -0.25) is 9.55 Å². The highest BCUT2D eigenvalue weighted by Crippen LogP contribution is 2.39. The number of aromatic nitrogens is 8. The van der Waals surface area contributed by atoms with Crippen molar-refractivity contribution < 1.29 is 0 Å². The molecule has 0 fully saturated rings. The quantitative estimate of drug-likeness (QED) is 0.195. The SMILES string of the molecule is C1=CCC(c2nc(C3=CCCC=C3)nc(-n3c4ccccc4c4cc5c(cc43)c3ccccc3n5-c3ccc(-c4nc5ccccc5[nH]4)nc3)n2)C=C1. The molecule has 4 aromatic carbocycles. The third kappa shape index (κ3) is 4.79. The fraction of sp³-hybridized carbons (Fsp3) is 0.0889. The van der Waals surface area contributed by atoms with Gasteiger partial charge in [-0.1, -0.05) is 91.1 Å². The number of nitrogens with one attached hydrogen (secondary N) is 1. The van der Waals surface area contributed by atoms with Crippen LogP contribution in [-0.2, 0) is 0 Å². The predicted octanol–water partition coefficient (Wildman–Crippen LogP) is 10.3. The number of allylic oxidation sites excluding steroid dienone is 8. The highest BCUT2D eigenvalue weighted by atomic mass is 15.2. The van der Waals surface area contributed by atoms with Crippen LogP contribution in [0.15, 0.2) is 146 Å². The van der Waals surface area contributed by atoms with Crippen molar-refractivity contribution in [3.63, 3.8) is 0 Å². The summed E-state index contributed by atoms with van der Waals surface area (Å²) in [4.78, 5) is 28.6. The average molecular weight is 685 g/mol. The summed E-state index contributed by atoms with van der Waals surface area (Å²) in [5.74, 6) is 2.97. The molecule has 1 N–H and O–H groups in total. The molecule has 11 rings (SSSR count). The highest BCUT2D eigenvalue weighted by molar-refractivity contribution is 6.18. The van der Waals surface area contributed by atoms with Crippen LogP contribution in [-0.4, -0.2) is 39.0 Å². The summed E-state index contributed by atoms with van der Waals surface area (Å²) in [7, 11) is 0. The molecule has 1 atom stereocenters. The Bertz CT molecular complexity index is 3010. The first-order valence-electron chi connectivity index (χ1n) is 18.1. The van der Waals surface area contributed by atoms with Gasteiger partial charge in [-0.15, -0.1) is 0 Å². The molecular weight excluding hydrogens is 653 g/mol. The average Bonchev–Trinajstić information content (AvgIpc) is 3.91. The summed E-state index contributed by atoms with van der Waals surface area (Å²) in [5, 5.41) is 4.58. The summed E-state index contributed by atoms with van der Waals surface area (Å²) in [5.41, 5.74) is 9.07. The van der Waals surface area contributed by atoms with E-state index in [0.717, 1.165) is 103 Å². The third-order valence-electron chi connectivity index (χ3n) is 10.5. The number of pyridine rings is 1. The third-order valence-corrected chi connectivity index (χ3v) is 10.5. The smallest absolute Gasteiger partial charge is 0.238 e. The van der Waals surface area contributed by atoms with Gasteiger partial charge in [0.2, 0.25) is 5.95 Å². The van der Waals surface area contributed by atoms with E-state index in [1.54, 1.807) is 0 Å². The molecule has 0 saturated carbocycles. The standard InChI is InChI=1S/C45H32N8/c1-3-13-28(14-4-1)42-49-43(29-15-5-2-6-16-29)51-45(50-42)53-39-22-12-8-18-32(39)34-25-40-33(26-41(34)53)31-17-7-11-21-38(31)52(40)30-23-24-37(46-27-30)44-47-35-19-9-10-20-36(35)48-44/h1,3-5,7-13,15-28H,2,6,14H2,(H,47,48). The molecule has 0 bridgehead atoms. The minimum Gasteiger partial charge on any atom is -0.337 e. The number of benzene rings is 4. The summed E-state index contributed by atoms with van der Waals surface area (Å²) in [6, 6.07) is 34.0. The van der Waals surface area contributed by atoms with Crippen molar-refractivity contribution in [2.75, 3.05) is 0 Å². The Labute approximate surface area is 304 Å². The lowest BCUT2D eigenvalue weighted by molar-refractivity contribution is 0.741. The summed E-state index contributed by atoms with van der Waals surface area (Å²) < 4.78 is 4.54. The van der Waals surface area contributed by atoms with Crippen molar-refractivity contribution in [2.45, 2.75) is 25.2 Å². The normalized spacial score (nSPS) is 15.8. The van der Waals surface area contributed by atoms with E-state index in [-0.39, 0.29) is 5.92 Å². The predicted molar refractivity (Wildman–Crippen MR) is 213 cm³/mol. The Hall–Kier alpha value is -6.93. The van der Waals surface area contributed by atoms with Gasteiger partial charge in [-0.25, -0.2) is 9.97 Å². The first-order valence-corrected chi connectivity index (χ1v) is 18.1. The summed E-state index contributed by atoms with van der Waals surface area (Å²) >= 11 is 0. The van der Waals surface area contributed by atoms with E-state index in [9.17, 15) is 0 Å². The van der Waals surface area contributed by atoms with Crippen LogP contribution in [0.3, 0.4) is 0 Å². The second-order valence-electron chi connectivity index (χ2n) is 13.7. The topological polar surface area (TPSA) is 90.1 Å². The maximum atomic E-state index is 5.22. The van der Waals surface area contributed by atoms with Gasteiger partial charge < -0.3 is 9.55 Å². The van der Waals surface area contributed by atoms with E-state index >= 15 is 0 Å². The molecule has 5 aromatic heterocycles. The van der Waals surface area contributed by atoms with Crippen molar-refractivity contribution in [2.24, 2.45) is 0 Å². The molecule has 8 heteroatoms. The van der Waals surface area contributed by atoms with Gasteiger partial charge >= 0.3 is 0 Å². The number of imidazole rings is 1. The molecule has 53 heavy (non-hydrogen) atoms. The van der Waals surface area contributed by atoms with Crippen LogP contribution < -0.4 is 0 Å². The zero-order valence-corrected chi connectivity index (χ0v) is 28.7. The number of hydrogen-bond acceptors (Lipinski definition) is 5. The zero-order valence-electron chi connectivity index (χ0n) is 28.7. The fourth-order valence-electron chi connectivity index (χ4n) is 7.98. The van der Waals surface area contributed by atoms with Crippen LogP contribution in [0.5, 0.6) is 0 Å². The monoisotopic (exact) mass is 684 g/mol. The number of hydrogen-bond donors (Lipinski definition) is 1. The Kier molecular flexibility index (Phi) is 6.64. The van der Waals surface area contributed by atoms with E-state index < -0.39 is 0 Å². The molecule has 0 aliphatic heterocycles. The lowest BCUT2D eigenvalue weighted by Gasteiger charge is -2.16. The number of H-pyrrole nitrogens is 1.